The van der Waals surface area contributed by atoms with Gasteiger partial charge in [0.1, 0.15) is 11.3 Å². The first kappa shape index (κ1) is 29.3. The number of nitrogens with zero attached hydrogens (tertiary/aromatic N) is 6. The Hall–Kier alpha value is -4.15. The molecule has 42 heavy (non-hydrogen) atoms. The molecule has 2 atom stereocenters. The van der Waals surface area contributed by atoms with Gasteiger partial charge in [0, 0.05) is 32.6 Å². The van der Waals surface area contributed by atoms with Crippen molar-refractivity contribution in [3.8, 4) is 0 Å². The summed E-state index contributed by atoms with van der Waals surface area (Å²) in [6, 6.07) is 18.6. The number of aliphatic hydroxyl groups is 1. The number of hydrogen-bond donors (Lipinski definition) is 2. The second kappa shape index (κ2) is 12.8. The van der Waals surface area contributed by atoms with Crippen molar-refractivity contribution < 1.29 is 18.7 Å². The quantitative estimate of drug-likeness (QED) is 0.120. The van der Waals surface area contributed by atoms with Crippen LogP contribution in [0.25, 0.3) is 11.2 Å². The van der Waals surface area contributed by atoms with Gasteiger partial charge >= 0.3 is 7.75 Å². The molecule has 2 N–H and O–H groups in total. The van der Waals surface area contributed by atoms with E-state index in [0.717, 1.165) is 11.1 Å². The Bertz CT molecular complexity index is 1620. The molecular formula is C30H34N7O4P. The van der Waals surface area contributed by atoms with Crippen molar-refractivity contribution in [2.75, 3.05) is 20.7 Å². The summed E-state index contributed by atoms with van der Waals surface area (Å²) in [7, 11) is -0.0726. The van der Waals surface area contributed by atoms with Crippen LogP contribution in [0, 0.1) is 6.92 Å². The van der Waals surface area contributed by atoms with Gasteiger partial charge in [-0.05, 0) is 23.6 Å². The minimum atomic E-state index is -3.80. The number of allylic oxidation sites excluding steroid dienone is 1. The smallest absolute Gasteiger partial charge is 0.406 e. The Kier molecular flexibility index (Phi) is 8.94. The van der Waals surface area contributed by atoms with Crippen molar-refractivity contribution in [1.82, 2.24) is 29.5 Å². The van der Waals surface area contributed by atoms with E-state index in [4.69, 9.17) is 9.05 Å². The highest BCUT2D eigenvalue weighted by molar-refractivity contribution is 7.51. The molecule has 0 amide bonds. The van der Waals surface area contributed by atoms with Gasteiger partial charge in [0.05, 0.1) is 37.6 Å². The molecule has 2 heterocycles. The maximum Gasteiger partial charge on any atom is 0.406 e. The van der Waals surface area contributed by atoms with Crippen molar-refractivity contribution in [1.29, 1.82) is 0 Å². The summed E-state index contributed by atoms with van der Waals surface area (Å²) in [4.78, 5) is 19.7. The summed E-state index contributed by atoms with van der Waals surface area (Å²) < 4.78 is 27.5. The average molecular weight is 588 g/mol. The first-order chi connectivity index (χ1) is 20.2. The Morgan fingerprint density at radius 3 is 2.45 bits per heavy atom. The molecule has 1 aliphatic carbocycles. The molecule has 0 saturated carbocycles. The molecule has 2 aromatic carbocycles. The zero-order valence-corrected chi connectivity index (χ0v) is 24.7. The van der Waals surface area contributed by atoms with Gasteiger partial charge in [-0.15, -0.1) is 0 Å². The van der Waals surface area contributed by atoms with Gasteiger partial charge in [-0.25, -0.2) is 24.6 Å². The SMILES string of the molecule is C=C1C(COP(=O)(NCc2ccccc2)OCc2ccccc2)=C(O)C[C@@H]1n1cnc2c(C)nc(N=CN(C)C)nc21. The largest absolute Gasteiger partial charge is 0.512 e. The average Bonchev–Trinajstić information content (AvgIpc) is 3.54. The Morgan fingerprint density at radius 1 is 1.10 bits per heavy atom. The van der Waals surface area contributed by atoms with Crippen LogP contribution in [0.3, 0.4) is 0 Å². The van der Waals surface area contributed by atoms with Gasteiger partial charge in [0.25, 0.3) is 5.95 Å². The summed E-state index contributed by atoms with van der Waals surface area (Å²) in [5, 5.41) is 13.9. The number of benzene rings is 2. The molecule has 0 radical (unpaired) electrons. The van der Waals surface area contributed by atoms with Crippen molar-refractivity contribution in [2.24, 2.45) is 4.99 Å². The molecule has 0 bridgehead atoms. The molecule has 1 aliphatic rings. The van der Waals surface area contributed by atoms with Crippen LogP contribution >= 0.6 is 7.75 Å². The number of aromatic nitrogens is 4. The lowest BCUT2D eigenvalue weighted by molar-refractivity contribution is 0.198. The van der Waals surface area contributed by atoms with Crippen molar-refractivity contribution in [3.63, 3.8) is 0 Å². The molecule has 5 rings (SSSR count). The zero-order valence-electron chi connectivity index (χ0n) is 23.8. The number of aryl methyl sites for hydroxylation is 1. The van der Waals surface area contributed by atoms with E-state index >= 15 is 0 Å². The molecule has 0 aliphatic heterocycles. The van der Waals surface area contributed by atoms with Gasteiger partial charge in [0.2, 0.25) is 0 Å². The second-order valence-electron chi connectivity index (χ2n) is 10.2. The molecule has 4 aromatic rings. The highest BCUT2D eigenvalue weighted by Crippen LogP contribution is 2.48. The third-order valence-corrected chi connectivity index (χ3v) is 8.27. The fourth-order valence-electron chi connectivity index (χ4n) is 4.55. The van der Waals surface area contributed by atoms with Gasteiger partial charge in [-0.1, -0.05) is 67.2 Å². The third kappa shape index (κ3) is 6.83. The van der Waals surface area contributed by atoms with Crippen LogP contribution in [0.2, 0.25) is 0 Å². The first-order valence-corrected chi connectivity index (χ1v) is 15.0. The van der Waals surface area contributed by atoms with Crippen molar-refractivity contribution >= 4 is 31.2 Å². The standard InChI is InChI=1S/C30H34N7O4P/c1-21-25(18-41-42(39,33-16-23-11-7-5-8-12-23)40-17-24-13-9-6-10-14-24)27(38)15-26(21)37-20-31-28-22(2)34-30(35-29(28)37)32-19-36(3)4/h5-14,19-20,26,38H,1,15-18H2,2-4H3,(H,33,39)/t26-,42?/m0/s1. The van der Waals surface area contributed by atoms with E-state index in [1.165, 1.54) is 0 Å². The Balaban J connectivity index is 1.33. The predicted octanol–water partition coefficient (Wildman–Crippen LogP) is 5.80. The van der Waals surface area contributed by atoms with Gasteiger partial charge in [-0.2, -0.15) is 4.98 Å². The fraction of sp³-hybridized carbons (Fsp3) is 0.267. The Morgan fingerprint density at radius 2 is 1.76 bits per heavy atom. The lowest BCUT2D eigenvalue weighted by Crippen LogP contribution is -2.16. The van der Waals surface area contributed by atoms with E-state index in [1.807, 2.05) is 86.2 Å². The normalized spacial score (nSPS) is 16.9. The summed E-state index contributed by atoms with van der Waals surface area (Å²) in [5.41, 5.74) is 4.76. The van der Waals surface area contributed by atoms with Crippen LogP contribution in [-0.4, -0.2) is 56.6 Å². The van der Waals surface area contributed by atoms with Crippen LogP contribution in [0.1, 0.15) is 29.3 Å². The zero-order chi connectivity index (χ0) is 29.7. The van der Waals surface area contributed by atoms with E-state index in [0.29, 0.717) is 34.0 Å². The number of aliphatic hydroxyl groups excluding tert-OH is 1. The lowest BCUT2D eigenvalue weighted by atomic mass is 10.1. The second-order valence-corrected chi connectivity index (χ2v) is 12.0. The molecule has 0 saturated heterocycles. The van der Waals surface area contributed by atoms with E-state index < -0.39 is 7.75 Å². The molecule has 12 heteroatoms. The Labute approximate surface area is 244 Å². The number of fused-ring (bicyclic) bond motifs is 1. The summed E-state index contributed by atoms with van der Waals surface area (Å²) in [5.74, 6) is 0.405. The highest BCUT2D eigenvalue weighted by atomic mass is 31.2. The molecule has 11 nitrogen and oxygen atoms in total. The molecule has 0 spiro atoms. The number of nitrogens with one attached hydrogen (secondary N) is 1. The van der Waals surface area contributed by atoms with E-state index in [9.17, 15) is 9.67 Å². The molecule has 218 valence electrons. The summed E-state index contributed by atoms with van der Waals surface area (Å²) >= 11 is 0. The van der Waals surface area contributed by atoms with Gasteiger partial charge < -0.3 is 14.6 Å². The monoisotopic (exact) mass is 587 g/mol. The highest BCUT2D eigenvalue weighted by Gasteiger charge is 2.34. The van der Waals surface area contributed by atoms with Crippen LogP contribution in [0.15, 0.2) is 95.5 Å². The predicted molar refractivity (Wildman–Crippen MR) is 162 cm³/mol. The lowest BCUT2D eigenvalue weighted by Gasteiger charge is -2.21. The van der Waals surface area contributed by atoms with Crippen LogP contribution in [0.5, 0.6) is 0 Å². The fourth-order valence-corrected chi connectivity index (χ4v) is 5.80. The maximum atomic E-state index is 13.9. The molecule has 2 aromatic heterocycles. The van der Waals surface area contributed by atoms with Gasteiger partial charge in [-0.3, -0.25) is 9.05 Å². The number of rotatable bonds is 12. The molecular weight excluding hydrogens is 553 g/mol. The minimum Gasteiger partial charge on any atom is -0.512 e. The summed E-state index contributed by atoms with van der Waals surface area (Å²) in [6.45, 7) is 6.31. The van der Waals surface area contributed by atoms with Gasteiger partial charge in [0.15, 0.2) is 5.65 Å². The number of aliphatic imine (C=N–C) groups is 1. The topological polar surface area (TPSA) is 127 Å². The number of hydrogen-bond acceptors (Lipinski definition) is 8. The minimum absolute atomic E-state index is 0.0905. The van der Waals surface area contributed by atoms with E-state index in [-0.39, 0.29) is 38.0 Å². The first-order valence-electron chi connectivity index (χ1n) is 13.5. The van der Waals surface area contributed by atoms with E-state index in [1.54, 1.807) is 17.6 Å². The van der Waals surface area contributed by atoms with E-state index in [2.05, 4.69) is 31.6 Å². The third-order valence-electron chi connectivity index (χ3n) is 6.79. The molecule has 1 unspecified atom stereocenters. The number of imidazole rings is 1. The summed E-state index contributed by atoms with van der Waals surface area (Å²) in [6.07, 6.45) is 3.55. The molecule has 0 fully saturated rings. The van der Waals surface area contributed by atoms with Crippen molar-refractivity contribution in [3.05, 3.63) is 107 Å². The van der Waals surface area contributed by atoms with Crippen molar-refractivity contribution in [2.45, 2.75) is 32.5 Å². The van der Waals surface area contributed by atoms with Crippen LogP contribution in [0.4, 0.5) is 5.95 Å². The van der Waals surface area contributed by atoms with Crippen LogP contribution in [-0.2, 0) is 26.8 Å². The maximum absolute atomic E-state index is 13.9. The van der Waals surface area contributed by atoms with Crippen LogP contribution < -0.4 is 5.09 Å².